The topological polar surface area (TPSA) is 110 Å². The molecule has 6 nitrogen and oxygen atoms in total. The minimum atomic E-state index is -1.26. The fourth-order valence-corrected chi connectivity index (χ4v) is 3.37. The maximum atomic E-state index is 12.1. The van der Waals surface area contributed by atoms with E-state index < -0.39 is 23.1 Å². The molecule has 0 saturated carbocycles. The van der Waals surface area contributed by atoms with E-state index in [4.69, 9.17) is 10.2 Å². The molecule has 1 unspecified atom stereocenters. The van der Waals surface area contributed by atoms with Gasteiger partial charge in [-0.1, -0.05) is 18.2 Å². The molecule has 1 aliphatic rings. The summed E-state index contributed by atoms with van der Waals surface area (Å²) in [5.74, 6) is -2.51. The van der Waals surface area contributed by atoms with Gasteiger partial charge in [-0.3, -0.25) is 0 Å². The van der Waals surface area contributed by atoms with Gasteiger partial charge in [0, 0.05) is 25.0 Å². The lowest BCUT2D eigenvalue weighted by molar-refractivity contribution is -0.134. The van der Waals surface area contributed by atoms with Crippen LogP contribution >= 0.6 is 0 Å². The number of carboxylic acid groups (broad SMARTS) is 2. The van der Waals surface area contributed by atoms with Crippen LogP contribution in [0.15, 0.2) is 47.4 Å². The molecule has 1 fully saturated rings. The highest BCUT2D eigenvalue weighted by Gasteiger charge is 2.26. The number of benzene rings is 1. The van der Waals surface area contributed by atoms with Crippen LogP contribution in [0, 0.1) is 0 Å². The second-order valence-corrected chi connectivity index (χ2v) is 6.30. The van der Waals surface area contributed by atoms with Gasteiger partial charge in [-0.25, -0.2) is 9.59 Å². The second-order valence-electron chi connectivity index (χ2n) is 4.57. The Morgan fingerprint density at radius 1 is 1.09 bits per heavy atom. The van der Waals surface area contributed by atoms with Crippen LogP contribution in [-0.2, 0) is 20.8 Å². The number of aliphatic carboxylic acids is 2. The Morgan fingerprint density at radius 3 is 2.05 bits per heavy atom. The molecule has 1 heterocycles. The predicted molar refractivity (Wildman–Crippen MR) is 83.2 cm³/mol. The van der Waals surface area contributed by atoms with Gasteiger partial charge in [0.25, 0.3) is 0 Å². The summed E-state index contributed by atoms with van der Waals surface area (Å²) in [6.07, 6.45) is 3.17. The van der Waals surface area contributed by atoms with Gasteiger partial charge in [0.15, 0.2) is 4.90 Å². The number of piperidine rings is 1. The van der Waals surface area contributed by atoms with Crippen molar-refractivity contribution in [3.63, 3.8) is 0 Å². The van der Waals surface area contributed by atoms with Crippen LogP contribution in [0.3, 0.4) is 0 Å². The van der Waals surface area contributed by atoms with Gasteiger partial charge in [-0.15, -0.1) is 0 Å². The van der Waals surface area contributed by atoms with Gasteiger partial charge in [-0.05, 0) is 36.4 Å². The minimum absolute atomic E-state index is 0.346. The summed E-state index contributed by atoms with van der Waals surface area (Å²) in [6.45, 7) is 2.01. The first kappa shape index (κ1) is 18.2. The van der Waals surface area contributed by atoms with Gasteiger partial charge < -0.3 is 20.1 Å². The molecule has 1 saturated heterocycles. The number of rotatable bonds is 4. The van der Waals surface area contributed by atoms with Gasteiger partial charge in [0.05, 0.1) is 0 Å². The maximum Gasteiger partial charge on any atom is 0.328 e. The molecule has 0 bridgehead atoms. The van der Waals surface area contributed by atoms with Gasteiger partial charge in [-0.2, -0.15) is 0 Å². The molecule has 1 aromatic rings. The summed E-state index contributed by atoms with van der Waals surface area (Å²) in [4.78, 5) is 20.1. The van der Waals surface area contributed by atoms with Gasteiger partial charge in [0.1, 0.15) is 5.25 Å². The van der Waals surface area contributed by atoms with Crippen molar-refractivity contribution in [2.45, 2.75) is 23.0 Å². The quantitative estimate of drug-likeness (QED) is 0.568. The average molecular weight is 325 g/mol. The van der Waals surface area contributed by atoms with E-state index in [-0.39, 0.29) is 0 Å². The van der Waals surface area contributed by atoms with Crippen LogP contribution < -0.4 is 5.32 Å². The monoisotopic (exact) mass is 325 g/mol. The molecule has 1 aromatic carbocycles. The zero-order valence-electron chi connectivity index (χ0n) is 12.0. The lowest BCUT2D eigenvalue weighted by Crippen LogP contribution is -2.35. The predicted octanol–water partition coefficient (Wildman–Crippen LogP) is 1.26. The van der Waals surface area contributed by atoms with E-state index in [1.54, 1.807) is 0 Å². The molecule has 7 heteroatoms. The fourth-order valence-electron chi connectivity index (χ4n) is 1.90. The molecule has 0 amide bonds. The Bertz CT molecular complexity index is 484. The van der Waals surface area contributed by atoms with E-state index >= 15 is 0 Å². The van der Waals surface area contributed by atoms with Crippen LogP contribution in [0.5, 0.6) is 0 Å². The highest BCUT2D eigenvalue weighted by Crippen LogP contribution is 2.21. The van der Waals surface area contributed by atoms with E-state index in [1.807, 2.05) is 30.3 Å². The SMILES string of the molecule is O=C(O)C=CC(=O)O.[O-][S+](c1ccccc1)C1CCNCC1. The maximum absolute atomic E-state index is 12.1. The van der Waals surface area contributed by atoms with E-state index in [0.717, 1.165) is 30.8 Å². The lowest BCUT2D eigenvalue weighted by Gasteiger charge is -2.25. The molecule has 120 valence electrons. The van der Waals surface area contributed by atoms with Crippen LogP contribution in [0.4, 0.5) is 0 Å². The summed E-state index contributed by atoms with van der Waals surface area (Å²) in [7, 11) is 0. The van der Waals surface area contributed by atoms with Crippen LogP contribution in [0.2, 0.25) is 0 Å². The van der Waals surface area contributed by atoms with Gasteiger partial charge in [0.2, 0.25) is 0 Å². The Morgan fingerprint density at radius 2 is 1.59 bits per heavy atom. The third kappa shape index (κ3) is 7.26. The zero-order chi connectivity index (χ0) is 16.4. The number of hydrogen-bond acceptors (Lipinski definition) is 4. The number of carbonyl (C=O) groups is 2. The third-order valence-corrected chi connectivity index (χ3v) is 4.75. The Kier molecular flexibility index (Phi) is 8.27. The lowest BCUT2D eigenvalue weighted by atomic mass is 10.2. The average Bonchev–Trinajstić information content (AvgIpc) is 2.54. The van der Waals surface area contributed by atoms with Crippen molar-refractivity contribution >= 4 is 23.1 Å². The second kappa shape index (κ2) is 9.99. The van der Waals surface area contributed by atoms with Crippen LogP contribution in [-0.4, -0.2) is 45.0 Å². The van der Waals surface area contributed by atoms with Crippen molar-refractivity contribution in [1.82, 2.24) is 5.32 Å². The first-order valence-corrected chi connectivity index (χ1v) is 8.02. The largest absolute Gasteiger partial charge is 0.611 e. The van der Waals surface area contributed by atoms with Crippen molar-refractivity contribution in [3.8, 4) is 0 Å². The molecule has 0 aromatic heterocycles. The minimum Gasteiger partial charge on any atom is -0.611 e. The molecular weight excluding hydrogens is 306 g/mol. The molecular formula is C15H19NO5S. The first-order valence-electron chi connectivity index (χ1n) is 6.81. The Hall–Kier alpha value is -1.83. The van der Waals surface area contributed by atoms with Crippen molar-refractivity contribution < 1.29 is 24.4 Å². The van der Waals surface area contributed by atoms with E-state index in [2.05, 4.69) is 5.32 Å². The Labute approximate surface area is 132 Å². The molecule has 22 heavy (non-hydrogen) atoms. The molecule has 3 N–H and O–H groups in total. The summed E-state index contributed by atoms with van der Waals surface area (Å²) in [6, 6.07) is 9.78. The van der Waals surface area contributed by atoms with Crippen molar-refractivity contribution in [2.24, 2.45) is 0 Å². The van der Waals surface area contributed by atoms with Crippen molar-refractivity contribution in [1.29, 1.82) is 0 Å². The molecule has 1 aliphatic heterocycles. The van der Waals surface area contributed by atoms with E-state index in [1.165, 1.54) is 0 Å². The molecule has 1 atom stereocenters. The number of nitrogens with one attached hydrogen (secondary N) is 1. The smallest absolute Gasteiger partial charge is 0.328 e. The van der Waals surface area contributed by atoms with Crippen molar-refractivity contribution in [3.05, 3.63) is 42.5 Å². The summed E-state index contributed by atoms with van der Waals surface area (Å²) < 4.78 is 12.1. The standard InChI is InChI=1S/C11H15NOS.C4H4O4/c13-14(10-4-2-1-3-5-10)11-6-8-12-9-7-11;5-3(6)1-2-4(7)8/h1-5,11-12H,6-9H2;1-2H,(H,5,6)(H,7,8). The summed E-state index contributed by atoms with van der Waals surface area (Å²) >= 11 is -0.810. The van der Waals surface area contributed by atoms with Crippen LogP contribution in [0.25, 0.3) is 0 Å². The normalized spacial score (nSPS) is 16.6. The molecule has 0 aliphatic carbocycles. The Balaban J connectivity index is 0.000000261. The highest BCUT2D eigenvalue weighted by atomic mass is 32.2. The number of carboxylic acids is 2. The molecule has 2 rings (SSSR count). The highest BCUT2D eigenvalue weighted by molar-refractivity contribution is 7.92. The summed E-state index contributed by atoms with van der Waals surface area (Å²) in [5.41, 5.74) is 0. The summed E-state index contributed by atoms with van der Waals surface area (Å²) in [5, 5.41) is 19.3. The van der Waals surface area contributed by atoms with E-state index in [0.29, 0.717) is 17.4 Å². The van der Waals surface area contributed by atoms with E-state index in [9.17, 15) is 14.1 Å². The molecule has 0 spiro atoms. The van der Waals surface area contributed by atoms with Crippen LogP contribution in [0.1, 0.15) is 12.8 Å². The third-order valence-electron chi connectivity index (χ3n) is 2.93. The molecule has 0 radical (unpaired) electrons. The first-order chi connectivity index (χ1) is 10.5. The zero-order valence-corrected chi connectivity index (χ0v) is 12.8. The number of hydrogen-bond donors (Lipinski definition) is 3. The van der Waals surface area contributed by atoms with Gasteiger partial charge >= 0.3 is 11.9 Å². The fraction of sp³-hybridized carbons (Fsp3) is 0.333. The van der Waals surface area contributed by atoms with Crippen molar-refractivity contribution in [2.75, 3.05) is 13.1 Å².